The Balaban J connectivity index is 2.72. The molecule has 0 spiro atoms. The number of esters is 1. The molecule has 0 aromatic carbocycles. The van der Waals surface area contributed by atoms with E-state index >= 15 is 0 Å². The molecule has 84 valence electrons. The van der Waals surface area contributed by atoms with E-state index in [1.165, 1.54) is 11.3 Å². The first-order valence-corrected chi connectivity index (χ1v) is 5.93. The quantitative estimate of drug-likeness (QED) is 0.785. The maximum atomic E-state index is 11.4. The number of anilines is 1. The summed E-state index contributed by atoms with van der Waals surface area (Å²) in [5.74, 6) is -0.422. The van der Waals surface area contributed by atoms with Crippen LogP contribution in [0.25, 0.3) is 0 Å². The summed E-state index contributed by atoms with van der Waals surface area (Å²) >= 11 is 1.37. The van der Waals surface area contributed by atoms with E-state index in [-0.39, 0.29) is 5.69 Å². The van der Waals surface area contributed by atoms with Gasteiger partial charge in [0.1, 0.15) is 5.00 Å². The second-order valence-electron chi connectivity index (χ2n) is 3.14. The number of carbonyl (C=O) groups is 1. The van der Waals surface area contributed by atoms with E-state index in [9.17, 15) is 4.79 Å². The summed E-state index contributed by atoms with van der Waals surface area (Å²) in [5, 5.41) is 1.37. The van der Waals surface area contributed by atoms with Crippen molar-refractivity contribution in [1.29, 1.82) is 0 Å². The highest BCUT2D eigenvalue weighted by atomic mass is 32.1. The number of unbranched alkanes of at least 4 members (excludes halogenated alkanes) is 1. The highest BCUT2D eigenvalue weighted by Crippen LogP contribution is 2.23. The molecule has 0 fully saturated rings. The molecule has 0 aliphatic rings. The number of ether oxygens (including phenoxy) is 1. The fourth-order valence-electron chi connectivity index (χ4n) is 1.16. The number of thiazole rings is 1. The van der Waals surface area contributed by atoms with Gasteiger partial charge < -0.3 is 10.5 Å². The van der Waals surface area contributed by atoms with E-state index in [1.807, 2.05) is 0 Å². The highest BCUT2D eigenvalue weighted by molar-refractivity contribution is 7.15. The van der Waals surface area contributed by atoms with Gasteiger partial charge in [0.2, 0.25) is 0 Å². The lowest BCUT2D eigenvalue weighted by molar-refractivity contribution is 0.0521. The molecule has 0 bridgehead atoms. The molecule has 1 heterocycles. The molecule has 2 N–H and O–H groups in total. The second kappa shape index (κ2) is 5.70. The average molecular weight is 228 g/mol. The minimum Gasteiger partial charge on any atom is -0.461 e. The Morgan fingerprint density at radius 3 is 2.87 bits per heavy atom. The van der Waals surface area contributed by atoms with Gasteiger partial charge in [0.15, 0.2) is 5.69 Å². The fourth-order valence-corrected chi connectivity index (χ4v) is 2.02. The molecule has 15 heavy (non-hydrogen) atoms. The van der Waals surface area contributed by atoms with Crippen molar-refractivity contribution < 1.29 is 9.53 Å². The van der Waals surface area contributed by atoms with E-state index in [1.54, 1.807) is 6.92 Å². The maximum Gasteiger partial charge on any atom is 0.360 e. The Morgan fingerprint density at radius 2 is 2.27 bits per heavy atom. The zero-order valence-corrected chi connectivity index (χ0v) is 9.89. The number of nitrogens with zero attached hydrogens (tertiary/aromatic N) is 1. The predicted molar refractivity (Wildman–Crippen MR) is 61.1 cm³/mol. The summed E-state index contributed by atoms with van der Waals surface area (Å²) in [7, 11) is 0. The van der Waals surface area contributed by atoms with Crippen molar-refractivity contribution in [1.82, 2.24) is 4.98 Å². The lowest BCUT2D eigenvalue weighted by Crippen LogP contribution is -2.07. The molecule has 5 heteroatoms. The van der Waals surface area contributed by atoms with Gasteiger partial charge >= 0.3 is 5.97 Å². The van der Waals surface area contributed by atoms with Gasteiger partial charge in [0, 0.05) is 0 Å². The Morgan fingerprint density at radius 1 is 1.53 bits per heavy atom. The van der Waals surface area contributed by atoms with Crippen LogP contribution in [0.1, 0.15) is 42.2 Å². The third-order valence-corrected chi connectivity index (χ3v) is 2.85. The first kappa shape index (κ1) is 12.0. The molecule has 1 aromatic heterocycles. The molecule has 0 aliphatic carbocycles. The van der Waals surface area contributed by atoms with Gasteiger partial charge in [0.25, 0.3) is 0 Å². The van der Waals surface area contributed by atoms with Crippen molar-refractivity contribution in [3.8, 4) is 0 Å². The first-order chi connectivity index (χ1) is 7.19. The van der Waals surface area contributed by atoms with Crippen molar-refractivity contribution in [2.75, 3.05) is 12.3 Å². The summed E-state index contributed by atoms with van der Waals surface area (Å²) in [6.07, 6.45) is 3.05. The summed E-state index contributed by atoms with van der Waals surface area (Å²) in [6.45, 7) is 4.22. The average Bonchev–Trinajstić information content (AvgIpc) is 2.57. The summed E-state index contributed by atoms with van der Waals surface area (Å²) < 4.78 is 4.85. The minimum absolute atomic E-state index is 0.271. The lowest BCUT2D eigenvalue weighted by atomic mass is 10.3. The molecule has 0 radical (unpaired) electrons. The third-order valence-electron chi connectivity index (χ3n) is 1.91. The molecule has 0 saturated heterocycles. The minimum atomic E-state index is -0.422. The first-order valence-electron chi connectivity index (χ1n) is 5.11. The molecule has 0 saturated carbocycles. The fraction of sp³-hybridized carbons (Fsp3) is 0.600. The monoisotopic (exact) mass is 228 g/mol. The van der Waals surface area contributed by atoms with Gasteiger partial charge in [-0.2, -0.15) is 0 Å². The highest BCUT2D eigenvalue weighted by Gasteiger charge is 2.16. The van der Waals surface area contributed by atoms with Crippen LogP contribution in [0, 0.1) is 0 Å². The SMILES string of the molecule is CCCCc1nc(C(=O)OCC)c(N)s1. The molecular formula is C10H16N2O2S. The number of nitrogen functional groups attached to an aromatic ring is 1. The molecule has 1 aromatic rings. The van der Waals surface area contributed by atoms with Crippen molar-refractivity contribution in [3.63, 3.8) is 0 Å². The van der Waals surface area contributed by atoms with Crippen LogP contribution < -0.4 is 5.73 Å². The van der Waals surface area contributed by atoms with Gasteiger partial charge in [0.05, 0.1) is 11.6 Å². The van der Waals surface area contributed by atoms with Crippen LogP contribution >= 0.6 is 11.3 Å². The van der Waals surface area contributed by atoms with Gasteiger partial charge in [-0.1, -0.05) is 13.3 Å². The van der Waals surface area contributed by atoms with E-state index in [0.29, 0.717) is 11.6 Å². The molecule has 4 nitrogen and oxygen atoms in total. The summed E-state index contributed by atoms with van der Waals surface area (Å²) in [6, 6.07) is 0. The van der Waals surface area contributed by atoms with Crippen LogP contribution in [0.4, 0.5) is 5.00 Å². The molecule has 0 unspecified atom stereocenters. The number of aromatic nitrogens is 1. The maximum absolute atomic E-state index is 11.4. The summed E-state index contributed by atoms with van der Waals surface area (Å²) in [5.41, 5.74) is 5.97. The Bertz CT molecular complexity index is 336. The Hall–Kier alpha value is -1.10. The summed E-state index contributed by atoms with van der Waals surface area (Å²) in [4.78, 5) is 15.6. The van der Waals surface area contributed by atoms with Crippen molar-refractivity contribution >= 4 is 22.3 Å². The smallest absolute Gasteiger partial charge is 0.360 e. The van der Waals surface area contributed by atoms with Crippen LogP contribution in [-0.2, 0) is 11.2 Å². The zero-order chi connectivity index (χ0) is 11.3. The number of nitrogens with two attached hydrogens (primary N) is 1. The Kier molecular flexibility index (Phi) is 4.55. The number of hydrogen-bond donors (Lipinski definition) is 1. The molecule has 0 aliphatic heterocycles. The van der Waals surface area contributed by atoms with Crippen LogP contribution in [0.15, 0.2) is 0 Å². The van der Waals surface area contributed by atoms with Crippen LogP contribution in [0.5, 0.6) is 0 Å². The number of carbonyl (C=O) groups excluding carboxylic acids is 1. The normalized spacial score (nSPS) is 10.3. The van der Waals surface area contributed by atoms with Crippen molar-refractivity contribution in [2.45, 2.75) is 33.1 Å². The van der Waals surface area contributed by atoms with Crippen LogP contribution in [0.2, 0.25) is 0 Å². The standard InChI is InChI=1S/C10H16N2O2S/c1-3-5-6-7-12-8(9(11)15-7)10(13)14-4-2/h3-6,11H2,1-2H3. The van der Waals surface area contributed by atoms with Crippen LogP contribution in [-0.4, -0.2) is 17.6 Å². The third kappa shape index (κ3) is 3.20. The van der Waals surface area contributed by atoms with E-state index in [2.05, 4.69) is 11.9 Å². The zero-order valence-electron chi connectivity index (χ0n) is 9.08. The van der Waals surface area contributed by atoms with Crippen molar-refractivity contribution in [3.05, 3.63) is 10.7 Å². The topological polar surface area (TPSA) is 65.2 Å². The van der Waals surface area contributed by atoms with Crippen LogP contribution in [0.3, 0.4) is 0 Å². The molecule has 0 amide bonds. The number of hydrogen-bond acceptors (Lipinski definition) is 5. The van der Waals surface area contributed by atoms with E-state index < -0.39 is 5.97 Å². The van der Waals surface area contributed by atoms with Gasteiger partial charge in [-0.25, -0.2) is 9.78 Å². The molecule has 0 atom stereocenters. The number of aryl methyl sites for hydroxylation is 1. The van der Waals surface area contributed by atoms with Gasteiger partial charge in [-0.05, 0) is 19.8 Å². The van der Waals surface area contributed by atoms with E-state index in [4.69, 9.17) is 10.5 Å². The predicted octanol–water partition coefficient (Wildman–Crippen LogP) is 2.24. The van der Waals surface area contributed by atoms with Gasteiger partial charge in [-0.15, -0.1) is 11.3 Å². The van der Waals surface area contributed by atoms with E-state index in [0.717, 1.165) is 24.3 Å². The van der Waals surface area contributed by atoms with Gasteiger partial charge in [-0.3, -0.25) is 0 Å². The molecule has 1 rings (SSSR count). The molecular weight excluding hydrogens is 212 g/mol. The lowest BCUT2D eigenvalue weighted by Gasteiger charge is -1.97. The second-order valence-corrected chi connectivity index (χ2v) is 4.26. The number of rotatable bonds is 5. The Labute approximate surface area is 93.5 Å². The largest absolute Gasteiger partial charge is 0.461 e. The van der Waals surface area contributed by atoms with Crippen molar-refractivity contribution in [2.24, 2.45) is 0 Å².